The maximum Gasteiger partial charge on any atom is 0.192 e. The zero-order chi connectivity index (χ0) is 28.2. The van der Waals surface area contributed by atoms with Crippen LogP contribution in [0.1, 0.15) is 80.2 Å². The van der Waals surface area contributed by atoms with Gasteiger partial charge in [-0.15, -0.1) is 0 Å². The first-order chi connectivity index (χ1) is 19.0. The lowest BCUT2D eigenvalue weighted by molar-refractivity contribution is 0.0908. The highest BCUT2D eigenvalue weighted by molar-refractivity contribution is 6.33. The van der Waals surface area contributed by atoms with Gasteiger partial charge in [0.1, 0.15) is 5.69 Å². The normalized spacial score (nSPS) is 21.9. The minimum absolute atomic E-state index is 0.0395. The molecule has 6 rings (SSSR count). The van der Waals surface area contributed by atoms with Gasteiger partial charge in [-0.1, -0.05) is 65.0 Å². The third-order valence-electron chi connectivity index (χ3n) is 8.56. The number of carbonyl (C=O) groups excluding carboxylic acids is 2. The quantitative estimate of drug-likeness (QED) is 0.447. The van der Waals surface area contributed by atoms with E-state index in [4.69, 9.17) is 9.73 Å². The van der Waals surface area contributed by atoms with Crippen molar-refractivity contribution in [2.75, 3.05) is 26.2 Å². The average molecular weight is 538 g/mol. The van der Waals surface area contributed by atoms with Gasteiger partial charge >= 0.3 is 0 Å². The van der Waals surface area contributed by atoms with E-state index in [1.54, 1.807) is 12.1 Å². The predicted molar refractivity (Wildman–Crippen MR) is 159 cm³/mol. The lowest BCUT2D eigenvalue weighted by atomic mass is 9.72. The summed E-state index contributed by atoms with van der Waals surface area (Å²) < 4.78 is 6.43. The molecule has 1 atom stereocenters. The van der Waals surface area contributed by atoms with E-state index < -0.39 is 5.92 Å². The van der Waals surface area contributed by atoms with E-state index in [-0.39, 0.29) is 17.0 Å². The number of aliphatic imine (C=N–C) groups is 1. The van der Waals surface area contributed by atoms with Crippen LogP contribution >= 0.6 is 0 Å². The number of benzene rings is 2. The summed E-state index contributed by atoms with van der Waals surface area (Å²) in [5.74, 6) is 0.194. The third-order valence-corrected chi connectivity index (χ3v) is 8.56. The molecule has 4 aliphatic rings. The number of allylic oxidation sites excluding steroid dienone is 3. The minimum atomic E-state index is -0.789. The Hall–Kier alpha value is -3.51. The molecule has 2 aliphatic carbocycles. The van der Waals surface area contributed by atoms with Gasteiger partial charge in [-0.25, -0.2) is 4.99 Å². The number of piperidine rings is 1. The van der Waals surface area contributed by atoms with Crippen molar-refractivity contribution in [2.24, 2.45) is 16.3 Å². The average Bonchev–Trinajstić information content (AvgIpc) is 2.91. The first kappa shape index (κ1) is 26.7. The molecule has 0 radical (unpaired) electrons. The predicted octanol–water partition coefficient (Wildman–Crippen LogP) is 6.40. The van der Waals surface area contributed by atoms with Crippen LogP contribution in [0, 0.1) is 11.3 Å². The molecule has 0 bridgehead atoms. The molecule has 1 fully saturated rings. The van der Waals surface area contributed by atoms with Crippen molar-refractivity contribution in [1.82, 2.24) is 10.2 Å². The Balaban J connectivity index is 1.33. The Morgan fingerprint density at radius 3 is 2.62 bits per heavy atom. The fourth-order valence-corrected chi connectivity index (χ4v) is 6.43. The monoisotopic (exact) mass is 537 g/mol. The van der Waals surface area contributed by atoms with Gasteiger partial charge in [0.2, 0.25) is 0 Å². The van der Waals surface area contributed by atoms with Crippen LogP contribution in [-0.4, -0.2) is 48.4 Å². The zero-order valence-corrected chi connectivity index (χ0v) is 24.3. The lowest BCUT2D eigenvalue weighted by Gasteiger charge is -2.38. The second kappa shape index (κ2) is 9.84. The standard InChI is InChI=1S/C34H39N3O3/c1-33(2,3)21-12-13-24-26(18-21)40-27-19-25(35-15-9-17-37-16-8-14-34(4,5)20-37)28-29(30(27)36-24)32(39)23-11-7-6-10-22(23)31(28)38/h6-7,10-13,18-19,29,35H,8-9,14-17,20H2,1-5H3. The molecule has 6 heteroatoms. The number of hydrogen-bond donors (Lipinski definition) is 1. The molecule has 6 nitrogen and oxygen atoms in total. The molecule has 0 saturated carbocycles. The van der Waals surface area contributed by atoms with Gasteiger partial charge in [0, 0.05) is 41.6 Å². The lowest BCUT2D eigenvalue weighted by Crippen LogP contribution is -2.42. The number of carbonyl (C=O) groups is 2. The molecule has 0 aromatic heterocycles. The van der Waals surface area contributed by atoms with E-state index in [1.807, 2.05) is 30.3 Å². The maximum atomic E-state index is 13.9. The molecule has 1 unspecified atom stereocenters. The fraction of sp³-hybridized carbons (Fsp3) is 0.441. The zero-order valence-electron chi connectivity index (χ0n) is 24.3. The van der Waals surface area contributed by atoms with E-state index in [0.29, 0.717) is 57.3 Å². The summed E-state index contributed by atoms with van der Waals surface area (Å²) in [6, 6.07) is 13.1. The van der Waals surface area contributed by atoms with Crippen LogP contribution in [0.3, 0.4) is 0 Å². The summed E-state index contributed by atoms with van der Waals surface area (Å²) in [7, 11) is 0. The number of fused-ring (bicyclic) bond motifs is 5. The summed E-state index contributed by atoms with van der Waals surface area (Å²) in [5, 5.41) is 3.52. The Kier molecular flexibility index (Phi) is 6.57. The highest BCUT2D eigenvalue weighted by Crippen LogP contribution is 2.44. The van der Waals surface area contributed by atoms with Crippen molar-refractivity contribution in [3.8, 4) is 5.75 Å². The van der Waals surface area contributed by atoms with E-state index in [2.05, 4.69) is 50.9 Å². The summed E-state index contributed by atoms with van der Waals surface area (Å²) >= 11 is 0. The van der Waals surface area contributed by atoms with Crippen molar-refractivity contribution in [2.45, 2.75) is 59.3 Å². The number of hydrogen-bond acceptors (Lipinski definition) is 6. The van der Waals surface area contributed by atoms with Crippen LogP contribution in [0.5, 0.6) is 5.75 Å². The van der Waals surface area contributed by atoms with Crippen LogP contribution < -0.4 is 10.1 Å². The first-order valence-corrected chi connectivity index (χ1v) is 14.5. The number of nitrogens with one attached hydrogen (secondary N) is 1. The topological polar surface area (TPSA) is 71.0 Å². The van der Waals surface area contributed by atoms with E-state index >= 15 is 0 Å². The molecular weight excluding hydrogens is 498 g/mol. The van der Waals surface area contributed by atoms with Crippen molar-refractivity contribution in [3.05, 3.63) is 82.3 Å². The number of ketones is 2. The summed E-state index contributed by atoms with van der Waals surface area (Å²) in [6.45, 7) is 15.1. The molecule has 1 N–H and O–H groups in total. The highest BCUT2D eigenvalue weighted by atomic mass is 16.5. The minimum Gasteiger partial charge on any atom is -0.453 e. The van der Waals surface area contributed by atoms with Crippen LogP contribution in [-0.2, 0) is 5.41 Å². The molecule has 2 aliphatic heterocycles. The highest BCUT2D eigenvalue weighted by Gasteiger charge is 2.46. The van der Waals surface area contributed by atoms with Gasteiger partial charge in [-0.2, -0.15) is 0 Å². The second-order valence-electron chi connectivity index (χ2n) is 13.4. The molecule has 2 heterocycles. The Morgan fingerprint density at radius 2 is 1.88 bits per heavy atom. The van der Waals surface area contributed by atoms with Gasteiger partial charge in [0.05, 0.1) is 11.6 Å². The van der Waals surface area contributed by atoms with E-state index in [9.17, 15) is 9.59 Å². The summed E-state index contributed by atoms with van der Waals surface area (Å²) in [5.41, 5.74) is 4.71. The van der Waals surface area contributed by atoms with Crippen molar-refractivity contribution >= 4 is 23.0 Å². The molecular formula is C34H39N3O3. The molecule has 40 heavy (non-hydrogen) atoms. The Morgan fingerprint density at radius 1 is 1.10 bits per heavy atom. The van der Waals surface area contributed by atoms with Crippen LogP contribution in [0.4, 0.5) is 5.69 Å². The SMILES string of the molecule is CC1(C)CCCN(CCCNC2=C3C(=O)c4ccccc4C(=O)C3C3=Nc4ccc(C(C)(C)C)cc4OC3=C2)C1. The largest absolute Gasteiger partial charge is 0.453 e. The smallest absolute Gasteiger partial charge is 0.192 e. The van der Waals surface area contributed by atoms with Crippen LogP contribution in [0.25, 0.3) is 0 Å². The fourth-order valence-electron chi connectivity index (χ4n) is 6.43. The molecule has 1 saturated heterocycles. The molecule has 208 valence electrons. The van der Waals surface area contributed by atoms with Crippen LogP contribution in [0.15, 0.2) is 70.6 Å². The van der Waals surface area contributed by atoms with E-state index in [1.165, 1.54) is 12.8 Å². The van der Waals surface area contributed by atoms with Gasteiger partial charge < -0.3 is 15.0 Å². The van der Waals surface area contributed by atoms with Crippen molar-refractivity contribution in [3.63, 3.8) is 0 Å². The third kappa shape index (κ3) is 4.83. The number of Topliss-reactive ketones (excluding diaryl/α,β-unsaturated/α-hetero) is 2. The maximum absolute atomic E-state index is 13.9. The number of nitrogens with zero attached hydrogens (tertiary/aromatic N) is 2. The van der Waals surface area contributed by atoms with Gasteiger partial charge in [0.25, 0.3) is 0 Å². The van der Waals surface area contributed by atoms with Crippen LogP contribution in [0.2, 0.25) is 0 Å². The van der Waals surface area contributed by atoms with Crippen molar-refractivity contribution < 1.29 is 14.3 Å². The van der Waals surface area contributed by atoms with Gasteiger partial charge in [-0.05, 0) is 60.9 Å². The number of rotatable bonds is 5. The Bertz CT molecular complexity index is 1490. The molecule has 0 spiro atoms. The second-order valence-corrected chi connectivity index (χ2v) is 13.4. The first-order valence-electron chi connectivity index (χ1n) is 14.5. The molecule has 2 aromatic rings. The summed E-state index contributed by atoms with van der Waals surface area (Å²) in [6.07, 6.45) is 5.33. The van der Waals surface area contributed by atoms with E-state index in [0.717, 1.165) is 31.6 Å². The number of ether oxygens (including phenoxy) is 1. The Labute approximate surface area is 237 Å². The molecule has 2 aromatic carbocycles. The van der Waals surface area contributed by atoms with Gasteiger partial charge in [0.15, 0.2) is 23.1 Å². The van der Waals surface area contributed by atoms with Gasteiger partial charge in [-0.3, -0.25) is 9.59 Å². The molecule has 0 amide bonds. The van der Waals surface area contributed by atoms with Crippen molar-refractivity contribution in [1.29, 1.82) is 0 Å². The number of likely N-dealkylation sites (tertiary alicyclic amines) is 1. The summed E-state index contributed by atoms with van der Waals surface area (Å²) in [4.78, 5) is 35.2.